The van der Waals surface area contributed by atoms with Crippen LogP contribution in [0.5, 0.6) is 0 Å². The molecule has 1 fully saturated rings. The number of aryl methyl sites for hydroxylation is 2. The summed E-state index contributed by atoms with van der Waals surface area (Å²) in [4.78, 5) is 0. The lowest BCUT2D eigenvalue weighted by Crippen LogP contribution is -2.21. The summed E-state index contributed by atoms with van der Waals surface area (Å²) in [5, 5.41) is 3.65. The molecule has 0 saturated heterocycles. The molecule has 2 unspecified atom stereocenters. The fraction of sp³-hybridized carbons (Fsp3) is 0.684. The number of hydrogen-bond donors (Lipinski definition) is 1. The van der Waals surface area contributed by atoms with Crippen LogP contribution >= 0.6 is 0 Å². The quantitative estimate of drug-likeness (QED) is 0.779. The smallest absolute Gasteiger partial charge is 0.0205 e. The fourth-order valence-corrected chi connectivity index (χ4v) is 4.10. The lowest BCUT2D eigenvalue weighted by molar-refractivity contribution is 0.267. The molecule has 0 aromatic heterocycles. The predicted octanol–water partition coefficient (Wildman–Crippen LogP) is 4.48. The Morgan fingerprint density at radius 3 is 2.90 bits per heavy atom. The minimum absolute atomic E-state index is 0.963. The Morgan fingerprint density at radius 1 is 1.10 bits per heavy atom. The average molecular weight is 271 g/mol. The zero-order chi connectivity index (χ0) is 13.8. The molecule has 20 heavy (non-hydrogen) atoms. The van der Waals surface area contributed by atoms with Crippen LogP contribution in [0.2, 0.25) is 0 Å². The molecule has 0 amide bonds. The van der Waals surface area contributed by atoms with Crippen molar-refractivity contribution in [3.8, 4) is 0 Å². The molecule has 1 aromatic carbocycles. The average Bonchev–Trinajstić information content (AvgIpc) is 2.91. The van der Waals surface area contributed by atoms with Gasteiger partial charge in [-0.15, -0.1) is 0 Å². The van der Waals surface area contributed by atoms with Crippen molar-refractivity contribution in [3.63, 3.8) is 0 Å². The zero-order valence-electron chi connectivity index (χ0n) is 13.0. The fourth-order valence-electron chi connectivity index (χ4n) is 4.10. The first-order valence-electron chi connectivity index (χ1n) is 8.62. The summed E-state index contributed by atoms with van der Waals surface area (Å²) in [7, 11) is 0. The first-order chi connectivity index (χ1) is 9.81. The summed E-state index contributed by atoms with van der Waals surface area (Å²) in [5.74, 6) is 1.94. The lowest BCUT2D eigenvalue weighted by Gasteiger charge is -2.26. The molecule has 1 saturated carbocycles. The molecule has 1 heteroatoms. The van der Waals surface area contributed by atoms with Crippen molar-refractivity contribution in [2.24, 2.45) is 11.8 Å². The molecule has 0 heterocycles. The van der Waals surface area contributed by atoms with E-state index in [-0.39, 0.29) is 0 Å². The molecular weight excluding hydrogens is 242 g/mol. The highest BCUT2D eigenvalue weighted by atomic mass is 14.8. The van der Waals surface area contributed by atoms with Crippen LogP contribution in [0.15, 0.2) is 18.2 Å². The van der Waals surface area contributed by atoms with Gasteiger partial charge in [-0.05, 0) is 67.2 Å². The maximum Gasteiger partial charge on any atom is 0.0205 e. The highest BCUT2D eigenvalue weighted by Crippen LogP contribution is 2.30. The second kappa shape index (κ2) is 6.76. The lowest BCUT2D eigenvalue weighted by atomic mass is 9.81. The van der Waals surface area contributed by atoms with Crippen molar-refractivity contribution in [1.29, 1.82) is 0 Å². The number of nitrogens with one attached hydrogen (secondary N) is 1. The van der Waals surface area contributed by atoms with Gasteiger partial charge < -0.3 is 5.32 Å². The molecular formula is C19H29N. The summed E-state index contributed by atoms with van der Waals surface area (Å²) in [6.07, 6.45) is 11.1. The van der Waals surface area contributed by atoms with Gasteiger partial charge >= 0.3 is 0 Å². The molecule has 110 valence electrons. The third-order valence-electron chi connectivity index (χ3n) is 5.27. The number of fused-ring (bicyclic) bond motifs is 1. The van der Waals surface area contributed by atoms with Gasteiger partial charge in [0, 0.05) is 6.54 Å². The van der Waals surface area contributed by atoms with E-state index in [0.29, 0.717) is 0 Å². The predicted molar refractivity (Wildman–Crippen MR) is 85.9 cm³/mol. The van der Waals surface area contributed by atoms with E-state index in [4.69, 9.17) is 0 Å². The molecule has 2 atom stereocenters. The first kappa shape index (κ1) is 14.1. The van der Waals surface area contributed by atoms with Crippen molar-refractivity contribution in [1.82, 2.24) is 5.32 Å². The Bertz CT molecular complexity index is 437. The first-order valence-corrected chi connectivity index (χ1v) is 8.62. The summed E-state index contributed by atoms with van der Waals surface area (Å²) in [6.45, 7) is 4.66. The van der Waals surface area contributed by atoms with Gasteiger partial charge in [-0.25, -0.2) is 0 Å². The third-order valence-corrected chi connectivity index (χ3v) is 5.27. The molecule has 3 rings (SSSR count). The monoisotopic (exact) mass is 271 g/mol. The van der Waals surface area contributed by atoms with E-state index in [9.17, 15) is 0 Å². The van der Waals surface area contributed by atoms with Crippen molar-refractivity contribution < 1.29 is 0 Å². The maximum atomic E-state index is 3.65. The van der Waals surface area contributed by atoms with E-state index in [0.717, 1.165) is 18.4 Å². The minimum atomic E-state index is 0.963. The molecule has 2 aliphatic carbocycles. The van der Waals surface area contributed by atoms with E-state index >= 15 is 0 Å². The van der Waals surface area contributed by atoms with Crippen LogP contribution in [-0.2, 0) is 19.4 Å². The topological polar surface area (TPSA) is 12.0 Å². The molecule has 1 aromatic rings. The normalized spacial score (nSPS) is 25.6. The van der Waals surface area contributed by atoms with E-state index in [1.165, 1.54) is 63.5 Å². The van der Waals surface area contributed by atoms with Crippen LogP contribution in [0.3, 0.4) is 0 Å². The van der Waals surface area contributed by atoms with Gasteiger partial charge in [0.25, 0.3) is 0 Å². The van der Waals surface area contributed by atoms with Crippen LogP contribution in [0.4, 0.5) is 0 Å². The van der Waals surface area contributed by atoms with Crippen molar-refractivity contribution >= 4 is 0 Å². The summed E-state index contributed by atoms with van der Waals surface area (Å²) >= 11 is 0. The second-order valence-corrected chi connectivity index (χ2v) is 7.06. The zero-order valence-corrected chi connectivity index (χ0v) is 13.0. The van der Waals surface area contributed by atoms with Crippen LogP contribution in [0, 0.1) is 11.8 Å². The van der Waals surface area contributed by atoms with Crippen molar-refractivity contribution in [2.45, 2.75) is 64.8 Å². The van der Waals surface area contributed by atoms with Gasteiger partial charge in [-0.1, -0.05) is 44.4 Å². The number of hydrogen-bond acceptors (Lipinski definition) is 1. The van der Waals surface area contributed by atoms with Crippen LogP contribution in [0.25, 0.3) is 0 Å². The molecule has 0 aliphatic heterocycles. The van der Waals surface area contributed by atoms with Crippen LogP contribution < -0.4 is 5.32 Å². The maximum absolute atomic E-state index is 3.65. The summed E-state index contributed by atoms with van der Waals surface area (Å²) < 4.78 is 0. The molecule has 0 spiro atoms. The molecule has 0 bridgehead atoms. The molecule has 2 aliphatic rings. The van der Waals surface area contributed by atoms with Gasteiger partial charge in [0.15, 0.2) is 0 Å². The Labute approximate surface area is 124 Å². The van der Waals surface area contributed by atoms with Gasteiger partial charge in [-0.2, -0.15) is 0 Å². The Kier molecular flexibility index (Phi) is 4.77. The van der Waals surface area contributed by atoms with Crippen molar-refractivity contribution in [2.75, 3.05) is 6.54 Å². The number of benzene rings is 1. The Hall–Kier alpha value is -0.820. The third kappa shape index (κ3) is 3.63. The molecule has 1 N–H and O–H groups in total. The Morgan fingerprint density at radius 2 is 2.00 bits per heavy atom. The minimum Gasteiger partial charge on any atom is -0.313 e. The largest absolute Gasteiger partial charge is 0.313 e. The van der Waals surface area contributed by atoms with E-state index in [1.54, 1.807) is 11.1 Å². The molecule has 0 radical (unpaired) electrons. The highest BCUT2D eigenvalue weighted by Gasteiger charge is 2.18. The second-order valence-electron chi connectivity index (χ2n) is 7.06. The van der Waals surface area contributed by atoms with Gasteiger partial charge in [-0.3, -0.25) is 0 Å². The highest BCUT2D eigenvalue weighted by molar-refractivity contribution is 5.35. The van der Waals surface area contributed by atoms with Crippen molar-refractivity contribution in [3.05, 3.63) is 34.9 Å². The SMILES string of the molecule is CC1CCCC(CCNCc2ccc3c(c2)CCC3)C1. The van der Waals surface area contributed by atoms with E-state index < -0.39 is 0 Å². The van der Waals surface area contributed by atoms with E-state index in [2.05, 4.69) is 30.4 Å². The van der Waals surface area contributed by atoms with Gasteiger partial charge in [0.05, 0.1) is 0 Å². The molecule has 1 nitrogen and oxygen atoms in total. The summed E-state index contributed by atoms with van der Waals surface area (Å²) in [6, 6.07) is 7.10. The Balaban J connectivity index is 1.39. The number of rotatable bonds is 5. The standard InChI is InChI=1S/C19H29N/c1-15-4-2-5-16(12-15)10-11-20-14-17-8-9-18-6-3-7-19(18)13-17/h8-9,13,15-16,20H,2-7,10-12,14H2,1H3. The van der Waals surface area contributed by atoms with Crippen LogP contribution in [0.1, 0.15) is 62.1 Å². The van der Waals surface area contributed by atoms with Gasteiger partial charge in [0.1, 0.15) is 0 Å². The van der Waals surface area contributed by atoms with Crippen LogP contribution in [-0.4, -0.2) is 6.54 Å². The summed E-state index contributed by atoms with van der Waals surface area (Å²) in [5.41, 5.74) is 4.66. The van der Waals surface area contributed by atoms with E-state index in [1.807, 2.05) is 0 Å². The van der Waals surface area contributed by atoms with Gasteiger partial charge in [0.2, 0.25) is 0 Å².